The van der Waals surface area contributed by atoms with Crippen molar-refractivity contribution in [1.29, 1.82) is 0 Å². The van der Waals surface area contributed by atoms with Crippen LogP contribution in [0.5, 0.6) is 0 Å². The second-order valence-corrected chi connectivity index (χ2v) is 14.1. The van der Waals surface area contributed by atoms with Gasteiger partial charge in [0.2, 0.25) is 0 Å². The van der Waals surface area contributed by atoms with Crippen molar-refractivity contribution in [3.63, 3.8) is 0 Å². The Morgan fingerprint density at radius 1 is 0.451 bits per heavy atom. The Bertz CT molecular complexity index is 2760. The first kappa shape index (κ1) is 29.5. The van der Waals surface area contributed by atoms with Gasteiger partial charge in [0, 0.05) is 33.1 Å². The third-order valence-electron chi connectivity index (χ3n) is 10.9. The molecule has 8 aromatic carbocycles. The maximum atomic E-state index is 6.64. The first-order chi connectivity index (χ1) is 25.1. The zero-order valence-corrected chi connectivity index (χ0v) is 28.6. The normalized spacial score (nSPS) is 13.1. The molecule has 0 atom stereocenters. The lowest BCUT2D eigenvalue weighted by Gasteiger charge is -2.30. The molecular formula is C49H35NO. The highest BCUT2D eigenvalue weighted by Gasteiger charge is 2.36. The molecule has 0 bridgehead atoms. The van der Waals surface area contributed by atoms with Crippen molar-refractivity contribution in [1.82, 2.24) is 0 Å². The number of nitrogens with zero attached hydrogens (tertiary/aromatic N) is 1. The van der Waals surface area contributed by atoms with Crippen molar-refractivity contribution >= 4 is 49.8 Å². The van der Waals surface area contributed by atoms with E-state index in [1.807, 2.05) is 0 Å². The maximum Gasteiger partial charge on any atom is 0.136 e. The van der Waals surface area contributed by atoms with E-state index in [1.165, 1.54) is 44.2 Å². The zero-order valence-electron chi connectivity index (χ0n) is 28.6. The number of benzene rings is 8. The standard InChI is InChI=1S/C49H35NO/c1-49(2)41-20-12-11-19-39(41)40-27-26-37(31-42(40)49)50(36-24-21-33(22-25-36)32-13-5-3-6-14-32)43-28-30-45-48(46(43)35-16-7-4-8-17-35)47-38-18-10-9-15-34(38)23-29-44(47)51-45/h3-31H,1-2H3. The molecule has 9 aromatic rings. The molecular weight excluding hydrogens is 619 g/mol. The third-order valence-corrected chi connectivity index (χ3v) is 10.9. The van der Waals surface area contributed by atoms with Gasteiger partial charge in [-0.3, -0.25) is 0 Å². The van der Waals surface area contributed by atoms with E-state index in [9.17, 15) is 0 Å². The Morgan fingerprint density at radius 3 is 1.86 bits per heavy atom. The van der Waals surface area contributed by atoms with Crippen LogP contribution in [0.15, 0.2) is 180 Å². The molecule has 51 heavy (non-hydrogen) atoms. The molecule has 0 saturated carbocycles. The summed E-state index contributed by atoms with van der Waals surface area (Å²) in [7, 11) is 0. The van der Waals surface area contributed by atoms with Crippen molar-refractivity contribution < 1.29 is 4.42 Å². The van der Waals surface area contributed by atoms with E-state index >= 15 is 0 Å². The summed E-state index contributed by atoms with van der Waals surface area (Å²) in [5, 5.41) is 4.67. The molecule has 1 aromatic heterocycles. The zero-order chi connectivity index (χ0) is 34.1. The van der Waals surface area contributed by atoms with Crippen LogP contribution >= 0.6 is 0 Å². The van der Waals surface area contributed by atoms with Crippen molar-refractivity contribution in [2.24, 2.45) is 0 Å². The Labute approximate surface area is 297 Å². The van der Waals surface area contributed by atoms with Crippen LogP contribution in [0.3, 0.4) is 0 Å². The molecule has 0 radical (unpaired) electrons. The van der Waals surface area contributed by atoms with E-state index in [0.29, 0.717) is 0 Å². The van der Waals surface area contributed by atoms with Crippen molar-refractivity contribution in [2.45, 2.75) is 19.3 Å². The molecule has 1 aliphatic rings. The molecule has 2 nitrogen and oxygen atoms in total. The van der Waals surface area contributed by atoms with E-state index in [2.05, 4.69) is 195 Å². The molecule has 0 spiro atoms. The lowest BCUT2D eigenvalue weighted by Crippen LogP contribution is -2.17. The summed E-state index contributed by atoms with van der Waals surface area (Å²) in [5.74, 6) is 0. The lowest BCUT2D eigenvalue weighted by atomic mass is 9.82. The largest absolute Gasteiger partial charge is 0.456 e. The Morgan fingerprint density at radius 2 is 1.06 bits per heavy atom. The number of furan rings is 1. The SMILES string of the molecule is CC1(C)c2ccccc2-c2ccc(N(c3ccc(-c4ccccc4)cc3)c3ccc4oc5ccc6ccccc6c5c4c3-c3ccccc3)cc21. The van der Waals surface area contributed by atoms with Crippen molar-refractivity contribution in [2.75, 3.05) is 4.90 Å². The van der Waals surface area contributed by atoms with Gasteiger partial charge in [-0.25, -0.2) is 0 Å². The second kappa shape index (κ2) is 11.3. The molecule has 0 saturated heterocycles. The molecule has 0 unspecified atom stereocenters. The Kier molecular flexibility index (Phi) is 6.56. The Balaban J connectivity index is 1.28. The van der Waals surface area contributed by atoms with Crippen LogP contribution < -0.4 is 4.90 Å². The highest BCUT2D eigenvalue weighted by Crippen LogP contribution is 2.52. The molecule has 10 rings (SSSR count). The topological polar surface area (TPSA) is 16.4 Å². The molecule has 0 aliphatic heterocycles. The lowest BCUT2D eigenvalue weighted by molar-refractivity contribution is 0.660. The maximum absolute atomic E-state index is 6.64. The van der Waals surface area contributed by atoms with E-state index in [4.69, 9.17) is 4.42 Å². The summed E-state index contributed by atoms with van der Waals surface area (Å²) in [6, 6.07) is 63.6. The van der Waals surface area contributed by atoms with Crippen LogP contribution in [-0.4, -0.2) is 0 Å². The molecule has 0 fully saturated rings. The molecule has 2 heteroatoms. The van der Waals surface area contributed by atoms with Crippen LogP contribution in [-0.2, 0) is 5.41 Å². The van der Waals surface area contributed by atoms with E-state index in [0.717, 1.165) is 50.1 Å². The number of hydrogen-bond acceptors (Lipinski definition) is 2. The average Bonchev–Trinajstić information content (AvgIpc) is 3.68. The minimum absolute atomic E-state index is 0.128. The van der Waals surface area contributed by atoms with Crippen LogP contribution in [0.2, 0.25) is 0 Å². The summed E-state index contributed by atoms with van der Waals surface area (Å²) in [5.41, 5.74) is 15.0. The van der Waals surface area contributed by atoms with Gasteiger partial charge in [0.15, 0.2) is 0 Å². The fourth-order valence-electron chi connectivity index (χ4n) is 8.39. The van der Waals surface area contributed by atoms with Gasteiger partial charge in [0.05, 0.1) is 5.69 Å². The predicted molar refractivity (Wildman–Crippen MR) is 214 cm³/mol. The molecule has 0 N–H and O–H groups in total. The molecule has 1 aliphatic carbocycles. The third kappa shape index (κ3) is 4.57. The predicted octanol–water partition coefficient (Wildman–Crippen LogP) is 13.8. The second-order valence-electron chi connectivity index (χ2n) is 14.1. The van der Waals surface area contributed by atoms with E-state index < -0.39 is 0 Å². The highest BCUT2D eigenvalue weighted by molar-refractivity contribution is 6.24. The van der Waals surface area contributed by atoms with E-state index in [1.54, 1.807) is 0 Å². The van der Waals surface area contributed by atoms with Crippen LogP contribution in [0, 0.1) is 0 Å². The summed E-state index contributed by atoms with van der Waals surface area (Å²) in [6.45, 7) is 4.70. The molecule has 1 heterocycles. The van der Waals surface area contributed by atoms with Gasteiger partial charge in [-0.1, -0.05) is 147 Å². The summed E-state index contributed by atoms with van der Waals surface area (Å²) in [6.07, 6.45) is 0. The molecule has 0 amide bonds. The van der Waals surface area contributed by atoms with Gasteiger partial charge in [0.25, 0.3) is 0 Å². The molecule has 242 valence electrons. The van der Waals surface area contributed by atoms with Gasteiger partial charge < -0.3 is 9.32 Å². The van der Waals surface area contributed by atoms with Gasteiger partial charge >= 0.3 is 0 Å². The van der Waals surface area contributed by atoms with E-state index in [-0.39, 0.29) is 5.41 Å². The van der Waals surface area contributed by atoms with Gasteiger partial charge in [-0.2, -0.15) is 0 Å². The summed E-state index contributed by atoms with van der Waals surface area (Å²) < 4.78 is 6.64. The first-order valence-corrected chi connectivity index (χ1v) is 17.7. The quantitative estimate of drug-likeness (QED) is 0.184. The fraction of sp³-hybridized carbons (Fsp3) is 0.0612. The van der Waals surface area contributed by atoms with Crippen LogP contribution in [0.1, 0.15) is 25.0 Å². The smallest absolute Gasteiger partial charge is 0.136 e. The summed E-state index contributed by atoms with van der Waals surface area (Å²) >= 11 is 0. The van der Waals surface area contributed by atoms with Crippen LogP contribution in [0.4, 0.5) is 17.1 Å². The van der Waals surface area contributed by atoms with Gasteiger partial charge in [-0.15, -0.1) is 0 Å². The fourth-order valence-corrected chi connectivity index (χ4v) is 8.39. The monoisotopic (exact) mass is 653 g/mol. The highest BCUT2D eigenvalue weighted by atomic mass is 16.3. The minimum atomic E-state index is -0.128. The van der Waals surface area contributed by atoms with Crippen molar-refractivity contribution in [3.8, 4) is 33.4 Å². The Hall–Kier alpha value is -6.38. The van der Waals surface area contributed by atoms with Gasteiger partial charge in [-0.05, 0) is 92.2 Å². The number of rotatable bonds is 5. The summed E-state index contributed by atoms with van der Waals surface area (Å²) in [4.78, 5) is 2.44. The number of anilines is 3. The van der Waals surface area contributed by atoms with Crippen molar-refractivity contribution in [3.05, 3.63) is 187 Å². The first-order valence-electron chi connectivity index (χ1n) is 17.7. The number of hydrogen-bond donors (Lipinski definition) is 0. The average molecular weight is 654 g/mol. The van der Waals surface area contributed by atoms with Crippen LogP contribution in [0.25, 0.3) is 66.1 Å². The van der Waals surface area contributed by atoms with Gasteiger partial charge in [0.1, 0.15) is 11.2 Å². The minimum Gasteiger partial charge on any atom is -0.456 e. The number of fused-ring (bicyclic) bond motifs is 8.